The van der Waals surface area contributed by atoms with Crippen LogP contribution < -0.4 is 5.32 Å². The van der Waals surface area contributed by atoms with E-state index in [0.29, 0.717) is 0 Å². The molecule has 0 aliphatic heterocycles. The van der Waals surface area contributed by atoms with Gasteiger partial charge in [0.2, 0.25) is 0 Å². The van der Waals surface area contributed by atoms with E-state index in [4.69, 9.17) is 0 Å². The van der Waals surface area contributed by atoms with Gasteiger partial charge < -0.3 is 10.4 Å². The number of fused-ring (bicyclic) bond motifs is 1. The number of nitrogens with one attached hydrogen (secondary N) is 1. The first-order chi connectivity index (χ1) is 11.3. The number of phenolic OH excluding ortho intramolecular Hbond substituents is 1. The molecule has 0 atom stereocenters. The van der Waals surface area contributed by atoms with E-state index in [0.717, 1.165) is 28.4 Å². The molecule has 0 bridgehead atoms. The number of rotatable bonds is 3. The van der Waals surface area contributed by atoms with Crippen molar-refractivity contribution in [3.63, 3.8) is 0 Å². The minimum Gasteiger partial charge on any atom is -0.508 e. The Hall–Kier alpha value is -3.34. The molecular formula is C18H14N4O. The van der Waals surface area contributed by atoms with Gasteiger partial charge >= 0.3 is 0 Å². The molecule has 0 saturated heterocycles. The van der Waals surface area contributed by atoms with Gasteiger partial charge in [0.15, 0.2) is 5.65 Å². The lowest BCUT2D eigenvalue weighted by molar-refractivity contribution is 0.475. The van der Waals surface area contributed by atoms with Crippen LogP contribution in [0.25, 0.3) is 16.9 Å². The minimum atomic E-state index is 0.211. The zero-order chi connectivity index (χ0) is 15.6. The summed E-state index contributed by atoms with van der Waals surface area (Å²) in [6, 6.07) is 17.0. The number of benzene rings is 2. The summed E-state index contributed by atoms with van der Waals surface area (Å²) in [5.41, 5.74) is 3.31. The van der Waals surface area contributed by atoms with Gasteiger partial charge in [-0.05, 0) is 24.3 Å². The topological polar surface area (TPSA) is 62.5 Å². The van der Waals surface area contributed by atoms with Crippen molar-refractivity contribution in [2.24, 2.45) is 0 Å². The number of anilines is 2. The van der Waals surface area contributed by atoms with Gasteiger partial charge in [0.25, 0.3) is 0 Å². The third-order valence-corrected chi connectivity index (χ3v) is 3.59. The largest absolute Gasteiger partial charge is 0.508 e. The Bertz CT molecular complexity index is 963. The summed E-state index contributed by atoms with van der Waals surface area (Å²) in [4.78, 5) is 8.77. The Morgan fingerprint density at radius 2 is 1.87 bits per heavy atom. The molecule has 112 valence electrons. The number of para-hydroxylation sites is 1. The van der Waals surface area contributed by atoms with E-state index in [1.807, 2.05) is 47.0 Å². The molecule has 0 spiro atoms. The highest BCUT2D eigenvalue weighted by Crippen LogP contribution is 2.32. The SMILES string of the molecule is Oc1cccc(-c2nc3cnccn3c2Nc2ccccc2)c1. The van der Waals surface area contributed by atoms with Crippen LogP contribution in [0.5, 0.6) is 5.75 Å². The second kappa shape index (κ2) is 5.46. The van der Waals surface area contributed by atoms with Gasteiger partial charge in [-0.15, -0.1) is 0 Å². The van der Waals surface area contributed by atoms with Gasteiger partial charge in [-0.2, -0.15) is 0 Å². The molecule has 0 fully saturated rings. The van der Waals surface area contributed by atoms with Crippen molar-refractivity contribution >= 4 is 17.2 Å². The van der Waals surface area contributed by atoms with Crippen LogP contribution in [-0.2, 0) is 0 Å². The van der Waals surface area contributed by atoms with Gasteiger partial charge in [-0.3, -0.25) is 9.38 Å². The lowest BCUT2D eigenvalue weighted by atomic mass is 10.1. The van der Waals surface area contributed by atoms with Gasteiger partial charge in [0.1, 0.15) is 17.3 Å². The van der Waals surface area contributed by atoms with Crippen molar-refractivity contribution in [1.29, 1.82) is 0 Å². The van der Waals surface area contributed by atoms with E-state index in [-0.39, 0.29) is 5.75 Å². The normalized spacial score (nSPS) is 10.8. The van der Waals surface area contributed by atoms with Crippen LogP contribution in [0.3, 0.4) is 0 Å². The van der Waals surface area contributed by atoms with Crippen LogP contribution >= 0.6 is 0 Å². The van der Waals surface area contributed by atoms with E-state index in [2.05, 4.69) is 15.3 Å². The van der Waals surface area contributed by atoms with Crippen molar-refractivity contribution in [2.45, 2.75) is 0 Å². The summed E-state index contributed by atoms with van der Waals surface area (Å²) in [6.45, 7) is 0. The summed E-state index contributed by atoms with van der Waals surface area (Å²) >= 11 is 0. The van der Waals surface area contributed by atoms with E-state index in [1.54, 1.807) is 30.6 Å². The molecule has 2 aromatic heterocycles. The van der Waals surface area contributed by atoms with Crippen LogP contribution in [0.4, 0.5) is 11.5 Å². The fraction of sp³-hybridized carbons (Fsp3) is 0. The van der Waals surface area contributed by atoms with Crippen molar-refractivity contribution < 1.29 is 5.11 Å². The molecule has 0 unspecified atom stereocenters. The number of hydrogen-bond acceptors (Lipinski definition) is 4. The third kappa shape index (κ3) is 2.48. The van der Waals surface area contributed by atoms with E-state index in [1.165, 1.54) is 0 Å². The maximum absolute atomic E-state index is 9.76. The minimum absolute atomic E-state index is 0.211. The number of hydrogen-bond donors (Lipinski definition) is 2. The Balaban J connectivity index is 1.91. The van der Waals surface area contributed by atoms with Gasteiger partial charge in [0, 0.05) is 23.6 Å². The Kier molecular flexibility index (Phi) is 3.16. The van der Waals surface area contributed by atoms with Crippen LogP contribution in [0.1, 0.15) is 0 Å². The first kappa shape index (κ1) is 13.3. The molecule has 5 nitrogen and oxygen atoms in total. The van der Waals surface area contributed by atoms with Gasteiger partial charge in [0.05, 0.1) is 6.20 Å². The van der Waals surface area contributed by atoms with Crippen molar-refractivity contribution in [3.05, 3.63) is 73.2 Å². The van der Waals surface area contributed by atoms with Crippen molar-refractivity contribution in [3.8, 4) is 17.0 Å². The average molecular weight is 302 g/mol. The smallest absolute Gasteiger partial charge is 0.157 e. The zero-order valence-electron chi connectivity index (χ0n) is 12.2. The zero-order valence-corrected chi connectivity index (χ0v) is 12.2. The maximum atomic E-state index is 9.76. The van der Waals surface area contributed by atoms with E-state index >= 15 is 0 Å². The standard InChI is InChI=1S/C18H14N4O/c23-15-8-4-5-13(11-15)17-18(20-14-6-2-1-3-7-14)22-10-9-19-12-16(22)21-17/h1-12,20,23H. The lowest BCUT2D eigenvalue weighted by Crippen LogP contribution is -1.96. The molecule has 5 heteroatoms. The third-order valence-electron chi connectivity index (χ3n) is 3.59. The highest BCUT2D eigenvalue weighted by molar-refractivity contribution is 5.79. The molecule has 0 aliphatic rings. The Morgan fingerprint density at radius 3 is 2.70 bits per heavy atom. The monoisotopic (exact) mass is 302 g/mol. The van der Waals surface area contributed by atoms with Crippen LogP contribution in [0, 0.1) is 0 Å². The second-order valence-electron chi connectivity index (χ2n) is 5.15. The molecule has 4 aromatic rings. The predicted molar refractivity (Wildman–Crippen MR) is 89.8 cm³/mol. The molecule has 23 heavy (non-hydrogen) atoms. The summed E-state index contributed by atoms with van der Waals surface area (Å²) < 4.78 is 1.94. The molecule has 2 heterocycles. The van der Waals surface area contributed by atoms with Crippen molar-refractivity contribution in [1.82, 2.24) is 14.4 Å². The van der Waals surface area contributed by atoms with E-state index in [9.17, 15) is 5.11 Å². The van der Waals surface area contributed by atoms with Crippen LogP contribution in [-0.4, -0.2) is 19.5 Å². The number of aromatic hydroxyl groups is 1. The van der Waals surface area contributed by atoms with Gasteiger partial charge in [-0.1, -0.05) is 30.3 Å². The quantitative estimate of drug-likeness (QED) is 0.603. The number of imidazole rings is 1. The second-order valence-corrected chi connectivity index (χ2v) is 5.15. The fourth-order valence-electron chi connectivity index (χ4n) is 2.54. The molecule has 4 rings (SSSR count). The molecule has 0 saturated carbocycles. The average Bonchev–Trinajstić information content (AvgIpc) is 2.95. The highest BCUT2D eigenvalue weighted by atomic mass is 16.3. The maximum Gasteiger partial charge on any atom is 0.157 e. The van der Waals surface area contributed by atoms with Crippen LogP contribution in [0.15, 0.2) is 73.2 Å². The summed E-state index contributed by atoms with van der Waals surface area (Å²) in [5.74, 6) is 1.04. The molecular weight excluding hydrogens is 288 g/mol. The Morgan fingerprint density at radius 1 is 1.00 bits per heavy atom. The highest BCUT2D eigenvalue weighted by Gasteiger charge is 2.14. The predicted octanol–water partition coefficient (Wildman–Crippen LogP) is 3.85. The molecule has 0 aliphatic carbocycles. The summed E-state index contributed by atoms with van der Waals surface area (Å²) in [6.07, 6.45) is 5.29. The molecule has 0 amide bonds. The molecule has 2 aromatic carbocycles. The van der Waals surface area contributed by atoms with Crippen LogP contribution in [0.2, 0.25) is 0 Å². The molecule has 0 radical (unpaired) electrons. The van der Waals surface area contributed by atoms with Crippen molar-refractivity contribution in [2.75, 3.05) is 5.32 Å². The Labute approximate surface area is 132 Å². The number of phenols is 1. The summed E-state index contributed by atoms with van der Waals surface area (Å²) in [7, 11) is 0. The first-order valence-electron chi connectivity index (χ1n) is 7.25. The lowest BCUT2D eigenvalue weighted by Gasteiger charge is -2.08. The fourth-order valence-corrected chi connectivity index (χ4v) is 2.54. The number of aromatic nitrogens is 3. The first-order valence-corrected chi connectivity index (χ1v) is 7.25. The molecule has 2 N–H and O–H groups in total. The summed E-state index contributed by atoms with van der Waals surface area (Å²) in [5, 5.41) is 13.2. The van der Waals surface area contributed by atoms with Gasteiger partial charge in [-0.25, -0.2) is 4.98 Å². The van der Waals surface area contributed by atoms with E-state index < -0.39 is 0 Å². The number of nitrogens with zero attached hydrogens (tertiary/aromatic N) is 3.